The van der Waals surface area contributed by atoms with Crippen LogP contribution in [0.5, 0.6) is 0 Å². The van der Waals surface area contributed by atoms with Crippen molar-refractivity contribution in [1.82, 2.24) is 0 Å². The maximum atomic E-state index is 12.0. The predicted molar refractivity (Wildman–Crippen MR) is 107 cm³/mol. The predicted octanol–water partition coefficient (Wildman–Crippen LogP) is -0.816. The molecule has 28 heavy (non-hydrogen) atoms. The van der Waals surface area contributed by atoms with E-state index in [9.17, 15) is 16.8 Å². The molecular formula is C19H34Na2O5S2. The average molecular weight is 453 g/mol. The van der Waals surface area contributed by atoms with Crippen LogP contribution in [0, 0.1) is 6.92 Å². The van der Waals surface area contributed by atoms with Crippen LogP contribution >= 0.6 is 0 Å². The standard InChI is InChI=1S/C19H32O5S2.2Na.2H/c1-3-4-5-6-7-8-9-10-11-12-17-25(20,21)24-26(22,23)19-15-13-18(2)14-16-19;;;;/h13-16H,3-12,17H2,1-2H3;;;;/q;2*+1;2*-1. The second kappa shape index (κ2) is 16.7. The van der Waals surface area contributed by atoms with Crippen LogP contribution in [-0.4, -0.2) is 22.6 Å². The van der Waals surface area contributed by atoms with Gasteiger partial charge in [-0.05, 0) is 25.5 Å². The third kappa shape index (κ3) is 14.1. The van der Waals surface area contributed by atoms with Gasteiger partial charge >= 0.3 is 69.2 Å². The molecule has 5 nitrogen and oxygen atoms in total. The van der Waals surface area contributed by atoms with E-state index in [1.165, 1.54) is 50.7 Å². The van der Waals surface area contributed by atoms with Crippen LogP contribution in [0.4, 0.5) is 0 Å². The second-order valence-electron chi connectivity index (χ2n) is 6.78. The van der Waals surface area contributed by atoms with E-state index in [0.29, 0.717) is 6.42 Å². The number of hydrogen-bond donors (Lipinski definition) is 0. The van der Waals surface area contributed by atoms with Gasteiger partial charge in [-0.2, -0.15) is 16.8 Å². The fourth-order valence-corrected chi connectivity index (χ4v) is 5.39. The SMILES string of the molecule is CCCCCCCCCCCCS(=O)(=O)OS(=O)(=O)c1ccc(C)cc1.[H-].[H-].[Na+].[Na+]. The molecule has 0 bridgehead atoms. The van der Waals surface area contributed by atoms with Gasteiger partial charge in [0.05, 0.1) is 10.6 Å². The Morgan fingerprint density at radius 2 is 1.18 bits per heavy atom. The molecule has 9 heteroatoms. The molecule has 0 heterocycles. The normalized spacial score (nSPS) is 11.5. The van der Waals surface area contributed by atoms with Crippen molar-refractivity contribution in [1.29, 1.82) is 0 Å². The third-order valence-corrected chi connectivity index (χ3v) is 7.43. The molecule has 0 unspecified atom stereocenters. The Hall–Kier alpha value is 1.08. The Bertz CT molecular complexity index is 728. The number of aryl methyl sites for hydroxylation is 1. The first-order chi connectivity index (χ1) is 12.3. The first kappa shape index (κ1) is 31.3. The Labute approximate surface area is 219 Å². The molecule has 0 aliphatic carbocycles. The molecule has 0 aromatic heterocycles. The molecule has 154 valence electrons. The van der Waals surface area contributed by atoms with E-state index in [2.05, 4.69) is 10.6 Å². The zero-order chi connectivity index (χ0) is 19.5. The molecule has 1 aromatic carbocycles. The van der Waals surface area contributed by atoms with Crippen molar-refractivity contribution >= 4 is 20.2 Å². The summed E-state index contributed by atoms with van der Waals surface area (Å²) in [6.07, 6.45) is 10.8. The summed E-state index contributed by atoms with van der Waals surface area (Å²) in [5, 5.41) is 0. The van der Waals surface area contributed by atoms with Gasteiger partial charge in [0.1, 0.15) is 0 Å². The zero-order valence-electron chi connectivity index (χ0n) is 19.9. The molecule has 0 fully saturated rings. The molecule has 0 N–H and O–H groups in total. The summed E-state index contributed by atoms with van der Waals surface area (Å²) in [4.78, 5) is -0.144. The number of rotatable bonds is 14. The Morgan fingerprint density at radius 1 is 0.750 bits per heavy atom. The summed E-state index contributed by atoms with van der Waals surface area (Å²) >= 11 is 0. The molecule has 0 atom stereocenters. The van der Waals surface area contributed by atoms with E-state index in [-0.39, 0.29) is 72.6 Å². The van der Waals surface area contributed by atoms with Crippen molar-refractivity contribution in [3.05, 3.63) is 29.8 Å². The van der Waals surface area contributed by atoms with Gasteiger partial charge < -0.3 is 2.85 Å². The topological polar surface area (TPSA) is 77.5 Å². The van der Waals surface area contributed by atoms with Crippen LogP contribution < -0.4 is 59.1 Å². The Balaban J connectivity index is -0.000000845. The smallest absolute Gasteiger partial charge is 1.00 e. The molecule has 0 aliphatic rings. The summed E-state index contributed by atoms with van der Waals surface area (Å²) in [6.45, 7) is 4.02. The summed E-state index contributed by atoms with van der Waals surface area (Å²) in [7, 11) is -8.38. The minimum absolute atomic E-state index is 0. The maximum Gasteiger partial charge on any atom is 1.00 e. The largest absolute Gasteiger partial charge is 1.00 e. The molecule has 0 saturated carbocycles. The van der Waals surface area contributed by atoms with Crippen molar-refractivity contribution in [2.45, 2.75) is 83.0 Å². The van der Waals surface area contributed by atoms with Gasteiger partial charge in [0, 0.05) is 0 Å². The van der Waals surface area contributed by atoms with Gasteiger partial charge in [-0.15, -0.1) is 3.63 Å². The molecule has 0 amide bonds. The number of unbranched alkanes of at least 4 members (excludes halogenated alkanes) is 9. The second-order valence-corrected chi connectivity index (χ2v) is 10.2. The minimum atomic E-state index is -4.29. The van der Waals surface area contributed by atoms with Crippen molar-refractivity contribution in [3.8, 4) is 0 Å². The van der Waals surface area contributed by atoms with Crippen LogP contribution in [0.3, 0.4) is 0 Å². The number of benzene rings is 1. The van der Waals surface area contributed by atoms with E-state index in [4.69, 9.17) is 0 Å². The van der Waals surface area contributed by atoms with Crippen LogP contribution in [-0.2, 0) is 23.9 Å². The molecule has 0 aliphatic heterocycles. The van der Waals surface area contributed by atoms with Crippen molar-refractivity contribution in [2.75, 3.05) is 5.75 Å². The first-order valence-electron chi connectivity index (χ1n) is 9.52. The van der Waals surface area contributed by atoms with E-state index < -0.39 is 20.2 Å². The van der Waals surface area contributed by atoms with Crippen LogP contribution in [0.15, 0.2) is 29.2 Å². The summed E-state index contributed by atoms with van der Waals surface area (Å²) in [5.41, 5.74) is 0.886. The maximum absolute atomic E-state index is 12.0. The fraction of sp³-hybridized carbons (Fsp3) is 0.684. The van der Waals surface area contributed by atoms with Crippen molar-refractivity contribution < 1.29 is 82.4 Å². The summed E-state index contributed by atoms with van der Waals surface area (Å²) < 4.78 is 52.4. The van der Waals surface area contributed by atoms with E-state index >= 15 is 0 Å². The minimum Gasteiger partial charge on any atom is -1.00 e. The molecular weight excluding hydrogens is 418 g/mol. The molecule has 0 radical (unpaired) electrons. The van der Waals surface area contributed by atoms with Gasteiger partial charge in [-0.1, -0.05) is 82.4 Å². The van der Waals surface area contributed by atoms with Gasteiger partial charge in [-0.25, -0.2) is 0 Å². The number of hydrogen-bond acceptors (Lipinski definition) is 5. The van der Waals surface area contributed by atoms with Gasteiger partial charge in [0.2, 0.25) is 0 Å². The zero-order valence-corrected chi connectivity index (χ0v) is 23.6. The van der Waals surface area contributed by atoms with E-state index in [0.717, 1.165) is 24.8 Å². The first-order valence-corrected chi connectivity index (χ1v) is 12.5. The molecule has 1 aromatic rings. The van der Waals surface area contributed by atoms with Crippen LogP contribution in [0.1, 0.15) is 79.5 Å². The Kier molecular flexibility index (Phi) is 18.7. The van der Waals surface area contributed by atoms with E-state index in [1.807, 2.05) is 6.92 Å². The summed E-state index contributed by atoms with van der Waals surface area (Å²) in [6, 6.07) is 5.90. The molecule has 0 spiro atoms. The summed E-state index contributed by atoms with van der Waals surface area (Å²) in [5.74, 6) is -0.269. The monoisotopic (exact) mass is 452 g/mol. The quantitative estimate of drug-likeness (QED) is 0.272. The average Bonchev–Trinajstić information content (AvgIpc) is 2.56. The van der Waals surface area contributed by atoms with Crippen LogP contribution in [0.25, 0.3) is 0 Å². The Morgan fingerprint density at radius 3 is 1.64 bits per heavy atom. The van der Waals surface area contributed by atoms with Crippen molar-refractivity contribution in [2.24, 2.45) is 0 Å². The van der Waals surface area contributed by atoms with Gasteiger partial charge in [-0.3, -0.25) is 0 Å². The molecule has 0 saturated heterocycles. The fourth-order valence-electron chi connectivity index (χ4n) is 2.68. The van der Waals surface area contributed by atoms with Crippen LogP contribution in [0.2, 0.25) is 0 Å². The van der Waals surface area contributed by atoms with E-state index in [1.54, 1.807) is 12.1 Å². The van der Waals surface area contributed by atoms with Gasteiger partial charge in [0.25, 0.3) is 10.1 Å². The van der Waals surface area contributed by atoms with Gasteiger partial charge in [0.15, 0.2) is 0 Å². The third-order valence-electron chi connectivity index (χ3n) is 4.25. The van der Waals surface area contributed by atoms with Crippen molar-refractivity contribution in [3.63, 3.8) is 0 Å². The molecule has 1 rings (SSSR count).